The van der Waals surface area contributed by atoms with Crippen LogP contribution >= 0.6 is 11.6 Å². The number of amides is 1. The Hall–Kier alpha value is -1.59. The van der Waals surface area contributed by atoms with Gasteiger partial charge in [-0.1, -0.05) is 30.7 Å². The van der Waals surface area contributed by atoms with Crippen LogP contribution in [0.25, 0.3) is 0 Å². The van der Waals surface area contributed by atoms with Crippen molar-refractivity contribution in [3.05, 3.63) is 34.9 Å². The van der Waals surface area contributed by atoms with E-state index in [9.17, 15) is 9.59 Å². The SMILES string of the molecule is CC(CN(C)CC(=O)NCCc1cccc(Cl)c1)C(=O)O. The zero-order valence-electron chi connectivity index (χ0n) is 12.3. The summed E-state index contributed by atoms with van der Waals surface area (Å²) in [5, 5.41) is 12.3. The van der Waals surface area contributed by atoms with Crippen LogP contribution < -0.4 is 5.32 Å². The van der Waals surface area contributed by atoms with Crippen LogP contribution in [0.3, 0.4) is 0 Å². The van der Waals surface area contributed by atoms with Crippen molar-refractivity contribution in [1.29, 1.82) is 0 Å². The number of likely N-dealkylation sites (N-methyl/N-ethyl adjacent to an activating group) is 1. The highest BCUT2D eigenvalue weighted by Crippen LogP contribution is 2.10. The number of aliphatic carboxylic acids is 1. The smallest absolute Gasteiger partial charge is 0.307 e. The molecule has 6 heteroatoms. The molecule has 5 nitrogen and oxygen atoms in total. The summed E-state index contributed by atoms with van der Waals surface area (Å²) in [6.45, 7) is 2.68. The van der Waals surface area contributed by atoms with E-state index in [4.69, 9.17) is 16.7 Å². The van der Waals surface area contributed by atoms with Gasteiger partial charge in [0.25, 0.3) is 0 Å². The third-order valence-electron chi connectivity index (χ3n) is 3.05. The maximum Gasteiger partial charge on any atom is 0.307 e. The van der Waals surface area contributed by atoms with Crippen molar-refractivity contribution in [3.8, 4) is 0 Å². The number of rotatable bonds is 8. The third kappa shape index (κ3) is 7.11. The highest BCUT2D eigenvalue weighted by molar-refractivity contribution is 6.30. The normalized spacial score (nSPS) is 12.2. The fraction of sp³-hybridized carbons (Fsp3) is 0.467. The van der Waals surface area contributed by atoms with E-state index < -0.39 is 11.9 Å². The lowest BCUT2D eigenvalue weighted by atomic mass is 10.1. The zero-order chi connectivity index (χ0) is 15.8. The molecule has 21 heavy (non-hydrogen) atoms. The predicted octanol–water partition coefficient (Wildman–Crippen LogP) is 1.65. The van der Waals surface area contributed by atoms with Crippen molar-refractivity contribution in [2.45, 2.75) is 13.3 Å². The number of carbonyl (C=O) groups is 2. The van der Waals surface area contributed by atoms with Crippen LogP contribution in [0.2, 0.25) is 5.02 Å². The van der Waals surface area contributed by atoms with Crippen molar-refractivity contribution in [3.63, 3.8) is 0 Å². The first-order chi connectivity index (χ1) is 9.88. The van der Waals surface area contributed by atoms with Gasteiger partial charge in [-0.3, -0.25) is 14.5 Å². The summed E-state index contributed by atoms with van der Waals surface area (Å²) in [5.41, 5.74) is 1.07. The lowest BCUT2D eigenvalue weighted by Gasteiger charge is -2.18. The van der Waals surface area contributed by atoms with Gasteiger partial charge in [-0.15, -0.1) is 0 Å². The Labute approximate surface area is 129 Å². The van der Waals surface area contributed by atoms with E-state index in [1.165, 1.54) is 0 Å². The Kier molecular flexibility index (Phi) is 7.19. The number of carboxylic acid groups (broad SMARTS) is 1. The summed E-state index contributed by atoms with van der Waals surface area (Å²) in [6.07, 6.45) is 0.710. The molecule has 1 amide bonds. The Morgan fingerprint density at radius 1 is 1.43 bits per heavy atom. The van der Waals surface area contributed by atoms with Crippen LogP contribution in [-0.4, -0.2) is 48.6 Å². The van der Waals surface area contributed by atoms with E-state index in [2.05, 4.69) is 5.32 Å². The predicted molar refractivity (Wildman–Crippen MR) is 82.5 cm³/mol. The molecule has 1 aromatic rings. The van der Waals surface area contributed by atoms with Gasteiger partial charge in [0, 0.05) is 18.1 Å². The second-order valence-corrected chi connectivity index (χ2v) is 5.60. The highest BCUT2D eigenvalue weighted by atomic mass is 35.5. The number of benzene rings is 1. The summed E-state index contributed by atoms with van der Waals surface area (Å²) >= 11 is 5.89. The number of carboxylic acids is 1. The molecule has 0 aliphatic rings. The lowest BCUT2D eigenvalue weighted by Crippen LogP contribution is -2.38. The van der Waals surface area contributed by atoms with Gasteiger partial charge in [0.05, 0.1) is 12.5 Å². The number of halogens is 1. The standard InChI is InChI=1S/C15H21ClN2O3/c1-11(15(20)21)9-18(2)10-14(19)17-7-6-12-4-3-5-13(16)8-12/h3-5,8,11H,6-7,9-10H2,1-2H3,(H,17,19)(H,20,21). The third-order valence-corrected chi connectivity index (χ3v) is 3.28. The van der Waals surface area contributed by atoms with Gasteiger partial charge in [0.15, 0.2) is 0 Å². The minimum Gasteiger partial charge on any atom is -0.481 e. The Morgan fingerprint density at radius 2 is 2.14 bits per heavy atom. The topological polar surface area (TPSA) is 69.6 Å². The van der Waals surface area contributed by atoms with E-state index in [0.29, 0.717) is 24.5 Å². The second kappa shape index (κ2) is 8.64. The molecular formula is C15H21ClN2O3. The quantitative estimate of drug-likeness (QED) is 0.766. The monoisotopic (exact) mass is 312 g/mol. The fourth-order valence-corrected chi connectivity index (χ4v) is 2.16. The number of nitrogens with zero attached hydrogens (tertiary/aromatic N) is 1. The Morgan fingerprint density at radius 3 is 2.76 bits per heavy atom. The van der Waals surface area contributed by atoms with Gasteiger partial charge < -0.3 is 10.4 Å². The molecule has 0 heterocycles. The van der Waals surface area contributed by atoms with E-state index in [1.807, 2.05) is 24.3 Å². The molecule has 0 spiro atoms. The number of nitrogens with one attached hydrogen (secondary N) is 1. The van der Waals surface area contributed by atoms with Gasteiger partial charge in [0.2, 0.25) is 5.91 Å². The summed E-state index contributed by atoms with van der Waals surface area (Å²) in [7, 11) is 1.73. The second-order valence-electron chi connectivity index (χ2n) is 5.17. The number of carbonyl (C=O) groups excluding carboxylic acids is 1. The van der Waals surface area contributed by atoms with Crippen molar-refractivity contribution in [2.24, 2.45) is 5.92 Å². The molecule has 0 aromatic heterocycles. The summed E-state index contributed by atoms with van der Waals surface area (Å²) in [5.74, 6) is -1.46. The van der Waals surface area contributed by atoms with Gasteiger partial charge in [-0.05, 0) is 31.2 Å². The van der Waals surface area contributed by atoms with Gasteiger partial charge >= 0.3 is 5.97 Å². The molecule has 1 rings (SSSR count). The van der Waals surface area contributed by atoms with Crippen LogP contribution in [-0.2, 0) is 16.0 Å². The molecule has 0 aliphatic carbocycles. The average Bonchev–Trinajstić information content (AvgIpc) is 2.38. The minimum atomic E-state index is -0.858. The van der Waals surface area contributed by atoms with Gasteiger partial charge in [-0.2, -0.15) is 0 Å². The van der Waals surface area contributed by atoms with E-state index in [-0.39, 0.29) is 12.5 Å². The van der Waals surface area contributed by atoms with Crippen LogP contribution in [0, 0.1) is 5.92 Å². The molecule has 0 radical (unpaired) electrons. The summed E-state index contributed by atoms with van der Waals surface area (Å²) in [6, 6.07) is 7.51. The molecule has 2 N–H and O–H groups in total. The molecule has 0 aliphatic heterocycles. The Balaban J connectivity index is 2.26. The maximum absolute atomic E-state index is 11.7. The molecule has 0 saturated carbocycles. The maximum atomic E-state index is 11.7. The largest absolute Gasteiger partial charge is 0.481 e. The summed E-state index contributed by atoms with van der Waals surface area (Å²) < 4.78 is 0. The first-order valence-corrected chi connectivity index (χ1v) is 7.18. The van der Waals surface area contributed by atoms with Gasteiger partial charge in [-0.25, -0.2) is 0 Å². The molecule has 1 unspecified atom stereocenters. The van der Waals surface area contributed by atoms with E-state index in [1.54, 1.807) is 18.9 Å². The summed E-state index contributed by atoms with van der Waals surface area (Å²) in [4.78, 5) is 24.2. The molecule has 116 valence electrons. The molecule has 0 fully saturated rings. The fourth-order valence-electron chi connectivity index (χ4n) is 1.95. The van der Waals surface area contributed by atoms with Crippen LogP contribution in [0.4, 0.5) is 0 Å². The number of hydrogen-bond acceptors (Lipinski definition) is 3. The van der Waals surface area contributed by atoms with Gasteiger partial charge in [0.1, 0.15) is 0 Å². The minimum absolute atomic E-state index is 0.114. The zero-order valence-corrected chi connectivity index (χ0v) is 13.1. The molecule has 1 atom stereocenters. The highest BCUT2D eigenvalue weighted by Gasteiger charge is 2.15. The van der Waals surface area contributed by atoms with Crippen molar-refractivity contribution in [1.82, 2.24) is 10.2 Å². The lowest BCUT2D eigenvalue weighted by molar-refractivity contribution is -0.142. The van der Waals surface area contributed by atoms with E-state index in [0.717, 1.165) is 5.56 Å². The Bertz CT molecular complexity index is 494. The molecule has 0 saturated heterocycles. The first kappa shape index (κ1) is 17.5. The molecule has 1 aromatic carbocycles. The average molecular weight is 313 g/mol. The number of hydrogen-bond donors (Lipinski definition) is 2. The van der Waals surface area contributed by atoms with Crippen molar-refractivity contribution >= 4 is 23.5 Å². The van der Waals surface area contributed by atoms with Crippen molar-refractivity contribution in [2.75, 3.05) is 26.7 Å². The van der Waals surface area contributed by atoms with Crippen LogP contribution in [0.15, 0.2) is 24.3 Å². The van der Waals surface area contributed by atoms with E-state index >= 15 is 0 Å². The van der Waals surface area contributed by atoms with Crippen LogP contribution in [0.1, 0.15) is 12.5 Å². The molecular weight excluding hydrogens is 292 g/mol. The van der Waals surface area contributed by atoms with Crippen LogP contribution in [0.5, 0.6) is 0 Å². The molecule has 0 bridgehead atoms. The van der Waals surface area contributed by atoms with Crippen molar-refractivity contribution < 1.29 is 14.7 Å². The first-order valence-electron chi connectivity index (χ1n) is 6.81.